The first-order valence-corrected chi connectivity index (χ1v) is 8.53. The fourth-order valence-electron chi connectivity index (χ4n) is 3.68. The van der Waals surface area contributed by atoms with E-state index in [-0.39, 0.29) is 30.8 Å². The third-order valence-corrected chi connectivity index (χ3v) is 5.36. The number of aromatic nitrogens is 2. The number of nitrogens with zero attached hydrogens (tertiary/aromatic N) is 3. The van der Waals surface area contributed by atoms with Gasteiger partial charge in [0.25, 0.3) is 0 Å². The summed E-state index contributed by atoms with van der Waals surface area (Å²) in [4.78, 5) is 26.9. The number of fused-ring (bicyclic) bond motifs is 1. The largest absolute Gasteiger partial charge is 0.396 e. The van der Waals surface area contributed by atoms with Gasteiger partial charge in [-0.05, 0) is 43.7 Å². The first kappa shape index (κ1) is 16.8. The van der Waals surface area contributed by atoms with E-state index in [1.54, 1.807) is 21.1 Å². The van der Waals surface area contributed by atoms with Crippen LogP contribution in [0.15, 0.2) is 29.1 Å². The molecule has 6 nitrogen and oxygen atoms in total. The summed E-state index contributed by atoms with van der Waals surface area (Å²) in [6.45, 7) is 0.298. The number of aliphatic hydroxyl groups is 1. The lowest BCUT2D eigenvalue weighted by atomic mass is 9.86. The molecule has 0 radical (unpaired) electrons. The van der Waals surface area contributed by atoms with Crippen LogP contribution in [0.5, 0.6) is 0 Å². The van der Waals surface area contributed by atoms with Crippen LogP contribution in [0.25, 0.3) is 11.0 Å². The van der Waals surface area contributed by atoms with E-state index in [1.807, 2.05) is 31.3 Å². The molecule has 1 heterocycles. The lowest BCUT2D eigenvalue weighted by molar-refractivity contribution is -0.133. The Hall–Kier alpha value is -2.08. The van der Waals surface area contributed by atoms with Gasteiger partial charge in [-0.25, -0.2) is 4.79 Å². The predicted octanol–water partition coefficient (Wildman–Crippen LogP) is 1.35. The molecule has 0 unspecified atom stereocenters. The lowest BCUT2D eigenvalue weighted by Gasteiger charge is -2.34. The van der Waals surface area contributed by atoms with E-state index in [9.17, 15) is 14.7 Å². The summed E-state index contributed by atoms with van der Waals surface area (Å²) in [7, 11) is 3.55. The molecule has 2 aromatic rings. The zero-order valence-corrected chi connectivity index (χ0v) is 14.3. The van der Waals surface area contributed by atoms with Crippen LogP contribution in [0.4, 0.5) is 0 Å². The summed E-state index contributed by atoms with van der Waals surface area (Å²) in [5.41, 5.74) is 1.46. The fraction of sp³-hybridized carbons (Fsp3) is 0.556. The van der Waals surface area contributed by atoms with Gasteiger partial charge in [-0.15, -0.1) is 0 Å². The van der Waals surface area contributed by atoms with Gasteiger partial charge in [0.2, 0.25) is 5.91 Å². The van der Waals surface area contributed by atoms with Crippen LogP contribution in [0.3, 0.4) is 0 Å². The van der Waals surface area contributed by atoms with Crippen molar-refractivity contribution in [1.82, 2.24) is 14.0 Å². The van der Waals surface area contributed by atoms with Crippen molar-refractivity contribution in [1.29, 1.82) is 0 Å². The highest BCUT2D eigenvalue weighted by atomic mass is 16.3. The van der Waals surface area contributed by atoms with Gasteiger partial charge in [0.15, 0.2) is 0 Å². The molecule has 24 heavy (non-hydrogen) atoms. The number of imidazole rings is 1. The average Bonchev–Trinajstić information content (AvgIpc) is 2.86. The Balaban J connectivity index is 1.76. The van der Waals surface area contributed by atoms with Crippen molar-refractivity contribution in [2.45, 2.75) is 38.3 Å². The molecular weight excluding hydrogens is 306 g/mol. The Morgan fingerprint density at radius 1 is 1.21 bits per heavy atom. The smallest absolute Gasteiger partial charge is 0.329 e. The van der Waals surface area contributed by atoms with Crippen molar-refractivity contribution in [3.8, 4) is 0 Å². The third kappa shape index (κ3) is 2.98. The van der Waals surface area contributed by atoms with Crippen molar-refractivity contribution in [2.75, 3.05) is 13.7 Å². The quantitative estimate of drug-likeness (QED) is 0.919. The molecule has 6 heteroatoms. The maximum atomic E-state index is 12.7. The molecule has 0 spiro atoms. The van der Waals surface area contributed by atoms with E-state index in [0.717, 1.165) is 36.7 Å². The summed E-state index contributed by atoms with van der Waals surface area (Å²) >= 11 is 0. The van der Waals surface area contributed by atoms with Gasteiger partial charge in [0, 0.05) is 26.7 Å². The molecule has 0 saturated heterocycles. The standard InChI is InChI=1S/C18H25N3O3/c1-19(14-9-7-13(12-22)8-10-14)17(23)11-21-16-6-4-3-5-15(16)20(2)18(21)24/h3-6,13-14,22H,7-12H2,1-2H3. The number of hydrogen-bond donors (Lipinski definition) is 1. The fourth-order valence-corrected chi connectivity index (χ4v) is 3.68. The Morgan fingerprint density at radius 2 is 1.83 bits per heavy atom. The van der Waals surface area contributed by atoms with Gasteiger partial charge in [-0.1, -0.05) is 12.1 Å². The van der Waals surface area contributed by atoms with Gasteiger partial charge in [-0.3, -0.25) is 13.9 Å². The Labute approximate surface area is 141 Å². The molecule has 1 aliphatic carbocycles. The van der Waals surface area contributed by atoms with Crippen molar-refractivity contribution >= 4 is 16.9 Å². The first-order chi connectivity index (χ1) is 11.5. The molecule has 0 bridgehead atoms. The van der Waals surface area contributed by atoms with Crippen LogP contribution < -0.4 is 5.69 Å². The highest BCUT2D eigenvalue weighted by Crippen LogP contribution is 2.26. The number of benzene rings is 1. The van der Waals surface area contributed by atoms with Gasteiger partial charge in [0.05, 0.1) is 11.0 Å². The summed E-state index contributed by atoms with van der Waals surface area (Å²) in [5.74, 6) is 0.325. The van der Waals surface area contributed by atoms with Crippen LogP contribution in [0.1, 0.15) is 25.7 Å². The lowest BCUT2D eigenvalue weighted by Crippen LogP contribution is -2.42. The molecular formula is C18H25N3O3. The van der Waals surface area contributed by atoms with Crippen LogP contribution in [-0.2, 0) is 18.4 Å². The van der Waals surface area contributed by atoms with Gasteiger partial charge >= 0.3 is 5.69 Å². The third-order valence-electron chi connectivity index (χ3n) is 5.36. The Bertz CT molecular complexity index is 784. The van der Waals surface area contributed by atoms with E-state index in [0.29, 0.717) is 5.92 Å². The normalized spacial score (nSPS) is 21.1. The van der Waals surface area contributed by atoms with Crippen molar-refractivity contribution < 1.29 is 9.90 Å². The van der Waals surface area contributed by atoms with Crippen LogP contribution in [-0.4, -0.2) is 44.7 Å². The molecule has 0 aliphatic heterocycles. The summed E-state index contributed by atoms with van der Waals surface area (Å²) in [6, 6.07) is 7.72. The van der Waals surface area contributed by atoms with Gasteiger partial charge in [0.1, 0.15) is 6.54 Å². The number of likely N-dealkylation sites (N-methyl/N-ethyl adjacent to an activating group) is 1. The molecule has 130 valence electrons. The molecule has 1 saturated carbocycles. The Morgan fingerprint density at radius 3 is 2.46 bits per heavy atom. The van der Waals surface area contributed by atoms with E-state index in [2.05, 4.69) is 0 Å². The van der Waals surface area contributed by atoms with Crippen LogP contribution in [0.2, 0.25) is 0 Å². The van der Waals surface area contributed by atoms with Gasteiger partial charge in [-0.2, -0.15) is 0 Å². The molecule has 1 aromatic heterocycles. The first-order valence-electron chi connectivity index (χ1n) is 8.53. The molecule has 1 aliphatic rings. The molecule has 1 aromatic carbocycles. The zero-order chi connectivity index (χ0) is 17.3. The van der Waals surface area contributed by atoms with Crippen LogP contribution in [0, 0.1) is 5.92 Å². The monoisotopic (exact) mass is 331 g/mol. The second kappa shape index (κ2) is 6.81. The highest BCUT2D eigenvalue weighted by molar-refractivity contribution is 5.81. The molecule has 1 fully saturated rings. The molecule has 1 amide bonds. The predicted molar refractivity (Wildman–Crippen MR) is 92.8 cm³/mol. The number of para-hydroxylation sites is 2. The second-order valence-electron chi connectivity index (χ2n) is 6.78. The maximum Gasteiger partial charge on any atom is 0.329 e. The van der Waals surface area contributed by atoms with E-state index in [4.69, 9.17) is 0 Å². The number of hydrogen-bond acceptors (Lipinski definition) is 3. The summed E-state index contributed by atoms with van der Waals surface area (Å²) in [6.07, 6.45) is 3.73. The van der Waals surface area contributed by atoms with Crippen molar-refractivity contribution in [2.24, 2.45) is 13.0 Å². The zero-order valence-electron chi connectivity index (χ0n) is 14.3. The van der Waals surface area contributed by atoms with Crippen molar-refractivity contribution in [3.05, 3.63) is 34.7 Å². The SMILES string of the molecule is CN(C(=O)Cn1c(=O)n(C)c2ccccc21)C1CCC(CO)CC1. The number of carbonyl (C=O) groups is 1. The molecule has 0 atom stereocenters. The van der Waals surface area contributed by atoms with Crippen LogP contribution >= 0.6 is 0 Å². The Kier molecular flexibility index (Phi) is 4.76. The molecule has 3 rings (SSSR count). The minimum Gasteiger partial charge on any atom is -0.396 e. The minimum atomic E-state index is -0.165. The second-order valence-corrected chi connectivity index (χ2v) is 6.78. The number of carbonyl (C=O) groups excluding carboxylic acids is 1. The minimum absolute atomic E-state index is 0.0408. The highest BCUT2D eigenvalue weighted by Gasteiger charge is 2.26. The van der Waals surface area contributed by atoms with E-state index < -0.39 is 0 Å². The van der Waals surface area contributed by atoms with E-state index in [1.165, 1.54) is 0 Å². The maximum absolute atomic E-state index is 12.7. The number of rotatable bonds is 4. The van der Waals surface area contributed by atoms with Crippen molar-refractivity contribution in [3.63, 3.8) is 0 Å². The topological polar surface area (TPSA) is 67.5 Å². The van der Waals surface area contributed by atoms with E-state index >= 15 is 0 Å². The number of aryl methyl sites for hydroxylation is 1. The number of aliphatic hydroxyl groups excluding tert-OH is 1. The number of amides is 1. The summed E-state index contributed by atoms with van der Waals surface area (Å²) < 4.78 is 3.13. The average molecular weight is 331 g/mol. The summed E-state index contributed by atoms with van der Waals surface area (Å²) in [5, 5.41) is 9.23. The van der Waals surface area contributed by atoms with Gasteiger partial charge < -0.3 is 10.0 Å². The molecule has 1 N–H and O–H groups in total.